The third-order valence-electron chi connectivity index (χ3n) is 5.49. The van der Waals surface area contributed by atoms with Crippen LogP contribution in [0, 0.1) is 5.92 Å². The number of carbonyl (C=O) groups excluding carboxylic acids is 1. The zero-order valence-corrected chi connectivity index (χ0v) is 16.8. The van der Waals surface area contributed by atoms with Crippen LogP contribution in [0.25, 0.3) is 6.08 Å². The molecule has 29 heavy (non-hydrogen) atoms. The van der Waals surface area contributed by atoms with Gasteiger partial charge >= 0.3 is 0 Å². The number of methoxy groups -OCH3 is 1. The summed E-state index contributed by atoms with van der Waals surface area (Å²) in [6.07, 6.45) is 7.78. The predicted molar refractivity (Wildman–Crippen MR) is 112 cm³/mol. The van der Waals surface area contributed by atoms with Crippen LogP contribution in [0.5, 0.6) is 11.5 Å². The Hall–Kier alpha value is -2.86. The van der Waals surface area contributed by atoms with E-state index in [1.165, 1.54) is 5.57 Å². The smallest absolute Gasteiger partial charge is 0.252 e. The number of hydrogen-bond acceptors (Lipinski definition) is 5. The van der Waals surface area contributed by atoms with Crippen LogP contribution in [0.2, 0.25) is 0 Å². The van der Waals surface area contributed by atoms with Crippen molar-refractivity contribution >= 4 is 12.0 Å². The Balaban J connectivity index is 1.32. The van der Waals surface area contributed by atoms with Gasteiger partial charge in [-0.15, -0.1) is 0 Å². The van der Waals surface area contributed by atoms with Gasteiger partial charge in [-0.05, 0) is 67.3 Å². The number of carbonyl (C=O) groups is 1. The first-order valence-electron chi connectivity index (χ1n) is 10.1. The van der Waals surface area contributed by atoms with Crippen LogP contribution < -0.4 is 14.8 Å². The van der Waals surface area contributed by atoms with Crippen molar-refractivity contribution in [2.45, 2.75) is 12.8 Å². The van der Waals surface area contributed by atoms with Crippen molar-refractivity contribution in [3.8, 4) is 11.5 Å². The molecule has 0 aliphatic carbocycles. The van der Waals surface area contributed by atoms with E-state index >= 15 is 0 Å². The highest BCUT2D eigenvalue weighted by Crippen LogP contribution is 2.30. The van der Waals surface area contributed by atoms with Crippen molar-refractivity contribution in [3.05, 3.63) is 59.4 Å². The molecule has 1 amide bonds. The Labute approximate surface area is 171 Å². The molecular weight excluding hydrogens is 366 g/mol. The summed E-state index contributed by atoms with van der Waals surface area (Å²) in [6, 6.07) is 9.47. The second-order valence-corrected chi connectivity index (χ2v) is 7.69. The summed E-state index contributed by atoms with van der Waals surface area (Å²) in [7, 11) is 1.68. The van der Waals surface area contributed by atoms with Gasteiger partial charge in [-0.3, -0.25) is 14.7 Å². The molecule has 0 saturated carbocycles. The highest BCUT2D eigenvalue weighted by atomic mass is 16.5. The molecule has 0 unspecified atom stereocenters. The van der Waals surface area contributed by atoms with Gasteiger partial charge in [0.25, 0.3) is 5.91 Å². The molecule has 0 radical (unpaired) electrons. The molecule has 1 aromatic carbocycles. The number of hydrogen-bond donors (Lipinski definition) is 1. The van der Waals surface area contributed by atoms with Crippen molar-refractivity contribution in [2.24, 2.45) is 5.92 Å². The summed E-state index contributed by atoms with van der Waals surface area (Å²) in [5.41, 5.74) is 2.95. The van der Waals surface area contributed by atoms with Gasteiger partial charge in [-0.1, -0.05) is 0 Å². The van der Waals surface area contributed by atoms with Crippen molar-refractivity contribution in [1.82, 2.24) is 15.2 Å². The molecular formula is C23H27N3O3. The van der Waals surface area contributed by atoms with Crippen LogP contribution in [0.4, 0.5) is 0 Å². The number of fused-ring (bicyclic) bond motifs is 1. The molecule has 152 valence electrons. The monoisotopic (exact) mass is 393 g/mol. The quantitative estimate of drug-likeness (QED) is 0.817. The fourth-order valence-electron chi connectivity index (χ4n) is 4.01. The van der Waals surface area contributed by atoms with E-state index in [0.29, 0.717) is 24.6 Å². The van der Waals surface area contributed by atoms with Crippen LogP contribution >= 0.6 is 0 Å². The number of rotatable bonds is 6. The first kappa shape index (κ1) is 19.5. The largest absolute Gasteiger partial charge is 0.497 e. The standard InChI is InChI=1S/C23H27N3O3/c1-28-21-6-7-22-20(11-21)10-18(16-29-22)15-26-9-3-4-17(14-26)12-25-23(27)19-5-2-8-24-13-19/h2,5-8,10-11,13,17H,3-4,9,12,14-16H2,1H3,(H,25,27)/t17-/m0/s1. The maximum Gasteiger partial charge on any atom is 0.252 e. The van der Waals surface area contributed by atoms with Crippen LogP contribution in [0.1, 0.15) is 28.8 Å². The molecule has 0 bridgehead atoms. The summed E-state index contributed by atoms with van der Waals surface area (Å²) in [5.74, 6) is 2.16. The van der Waals surface area contributed by atoms with E-state index in [2.05, 4.69) is 21.3 Å². The SMILES string of the molecule is COc1ccc2c(c1)C=C(CN1CCC[C@@H](CNC(=O)c3cccnc3)C1)CO2. The average molecular weight is 393 g/mol. The van der Waals surface area contributed by atoms with Gasteiger partial charge in [0, 0.05) is 37.6 Å². The fraction of sp³-hybridized carbons (Fsp3) is 0.391. The lowest BCUT2D eigenvalue weighted by Crippen LogP contribution is -2.42. The molecule has 6 nitrogen and oxygen atoms in total. The number of pyridine rings is 1. The number of aromatic nitrogens is 1. The second kappa shape index (κ2) is 9.09. The first-order chi connectivity index (χ1) is 14.2. The minimum atomic E-state index is -0.0517. The molecule has 1 atom stereocenters. The van der Waals surface area contributed by atoms with Gasteiger partial charge in [0.15, 0.2) is 0 Å². The molecule has 1 aromatic heterocycles. The van der Waals surface area contributed by atoms with E-state index in [-0.39, 0.29) is 5.91 Å². The molecule has 1 fully saturated rings. The minimum Gasteiger partial charge on any atom is -0.497 e. The van der Waals surface area contributed by atoms with Crippen LogP contribution in [0.3, 0.4) is 0 Å². The van der Waals surface area contributed by atoms with Gasteiger partial charge in [-0.25, -0.2) is 0 Å². The van der Waals surface area contributed by atoms with E-state index < -0.39 is 0 Å². The van der Waals surface area contributed by atoms with Gasteiger partial charge in [0.05, 0.1) is 12.7 Å². The lowest BCUT2D eigenvalue weighted by molar-refractivity contribution is 0.0933. The van der Waals surface area contributed by atoms with Crippen molar-refractivity contribution in [2.75, 3.05) is 39.9 Å². The molecule has 2 aliphatic rings. The zero-order valence-electron chi connectivity index (χ0n) is 16.8. The summed E-state index contributed by atoms with van der Waals surface area (Å²) in [6.45, 7) is 4.27. The third-order valence-corrected chi connectivity index (χ3v) is 5.49. The van der Waals surface area contributed by atoms with E-state index in [0.717, 1.165) is 49.5 Å². The van der Waals surface area contributed by atoms with Crippen molar-refractivity contribution in [3.63, 3.8) is 0 Å². The molecule has 1 N–H and O–H groups in total. The van der Waals surface area contributed by atoms with E-state index in [1.807, 2.05) is 18.2 Å². The van der Waals surface area contributed by atoms with Crippen LogP contribution in [-0.4, -0.2) is 55.7 Å². The Morgan fingerprint density at radius 1 is 1.38 bits per heavy atom. The number of ether oxygens (including phenoxy) is 2. The van der Waals surface area contributed by atoms with Gasteiger partial charge in [-0.2, -0.15) is 0 Å². The normalized spacial score (nSPS) is 18.9. The molecule has 2 aromatic rings. The van der Waals surface area contributed by atoms with Crippen LogP contribution in [-0.2, 0) is 0 Å². The van der Waals surface area contributed by atoms with Gasteiger partial charge in [0.1, 0.15) is 18.1 Å². The first-order valence-corrected chi connectivity index (χ1v) is 10.1. The van der Waals surface area contributed by atoms with Crippen molar-refractivity contribution < 1.29 is 14.3 Å². The topological polar surface area (TPSA) is 63.7 Å². The Bertz CT molecular complexity index is 882. The molecule has 0 spiro atoms. The summed E-state index contributed by atoms with van der Waals surface area (Å²) in [4.78, 5) is 18.7. The number of nitrogens with one attached hydrogen (secondary N) is 1. The van der Waals surface area contributed by atoms with Crippen LogP contribution in [0.15, 0.2) is 48.3 Å². The van der Waals surface area contributed by atoms with Gasteiger partial charge < -0.3 is 14.8 Å². The molecule has 3 heterocycles. The van der Waals surface area contributed by atoms with Crippen molar-refractivity contribution in [1.29, 1.82) is 0 Å². The Morgan fingerprint density at radius 3 is 3.14 bits per heavy atom. The number of piperidine rings is 1. The van der Waals surface area contributed by atoms with E-state index in [9.17, 15) is 4.79 Å². The number of benzene rings is 1. The second-order valence-electron chi connectivity index (χ2n) is 7.69. The Morgan fingerprint density at radius 2 is 2.31 bits per heavy atom. The van der Waals surface area contributed by atoms with Gasteiger partial charge in [0.2, 0.25) is 0 Å². The maximum absolute atomic E-state index is 12.3. The zero-order chi connectivity index (χ0) is 20.1. The third kappa shape index (κ3) is 4.95. The highest BCUT2D eigenvalue weighted by molar-refractivity contribution is 5.93. The number of likely N-dealkylation sites (tertiary alicyclic amines) is 1. The molecule has 2 aliphatic heterocycles. The summed E-state index contributed by atoms with van der Waals surface area (Å²) in [5, 5.41) is 3.06. The fourth-order valence-corrected chi connectivity index (χ4v) is 4.01. The molecule has 4 rings (SSSR count). The maximum atomic E-state index is 12.3. The molecule has 1 saturated heterocycles. The lowest BCUT2D eigenvalue weighted by atomic mass is 9.97. The average Bonchev–Trinajstić information content (AvgIpc) is 2.78. The van der Waals surface area contributed by atoms with E-state index in [1.54, 1.807) is 31.6 Å². The van der Waals surface area contributed by atoms with E-state index in [4.69, 9.17) is 9.47 Å². The Kier molecular flexibility index (Phi) is 6.10. The molecule has 6 heteroatoms. The highest BCUT2D eigenvalue weighted by Gasteiger charge is 2.22. The lowest BCUT2D eigenvalue weighted by Gasteiger charge is -2.34. The number of amides is 1. The summed E-state index contributed by atoms with van der Waals surface area (Å²) < 4.78 is 11.2. The predicted octanol–water partition coefficient (Wildman–Crippen LogP) is 3.01. The number of nitrogens with zero attached hydrogens (tertiary/aromatic N) is 2. The minimum absolute atomic E-state index is 0.0517. The summed E-state index contributed by atoms with van der Waals surface area (Å²) >= 11 is 0.